The summed E-state index contributed by atoms with van der Waals surface area (Å²) < 4.78 is 0. The van der Waals surface area contributed by atoms with Crippen molar-refractivity contribution in [2.75, 3.05) is 6.61 Å². The molecule has 0 radical (unpaired) electrons. The highest BCUT2D eigenvalue weighted by Crippen LogP contribution is 2.23. The lowest BCUT2D eigenvalue weighted by Crippen LogP contribution is -2.03. The molecule has 1 heteroatoms. The molecule has 0 heterocycles. The van der Waals surface area contributed by atoms with Crippen molar-refractivity contribution in [1.82, 2.24) is 0 Å². The largest absolute Gasteiger partial charge is 0.396 e. The van der Waals surface area contributed by atoms with Gasteiger partial charge in [-0.2, -0.15) is 0 Å². The maximum Gasteiger partial charge on any atom is 0.0431 e. The van der Waals surface area contributed by atoms with Gasteiger partial charge >= 0.3 is 0 Å². The molecule has 2 aromatic rings. The first-order chi connectivity index (χ1) is 9.35. The lowest BCUT2D eigenvalue weighted by Gasteiger charge is -2.13. The van der Waals surface area contributed by atoms with Crippen LogP contribution in [0.3, 0.4) is 0 Å². The van der Waals surface area contributed by atoms with Gasteiger partial charge in [0.25, 0.3) is 0 Å². The number of hydrogen-bond acceptors (Lipinski definition) is 1. The number of hydrogen-bond donors (Lipinski definition) is 1. The Labute approximate surface area is 114 Å². The van der Waals surface area contributed by atoms with Gasteiger partial charge < -0.3 is 5.11 Å². The Morgan fingerprint density at radius 2 is 1.95 bits per heavy atom. The molecule has 0 amide bonds. The zero-order valence-corrected chi connectivity index (χ0v) is 11.2. The summed E-state index contributed by atoms with van der Waals surface area (Å²) in [6.45, 7) is 3.92. The Morgan fingerprint density at radius 3 is 2.74 bits per heavy atom. The highest BCUT2D eigenvalue weighted by Gasteiger charge is 2.08. The summed E-state index contributed by atoms with van der Waals surface area (Å²) in [6.07, 6.45) is 4.80. The summed E-state index contributed by atoms with van der Waals surface area (Å²) in [6, 6.07) is 14.9. The van der Waals surface area contributed by atoms with E-state index >= 15 is 0 Å². The number of aliphatic hydroxyl groups excluding tert-OH is 1. The van der Waals surface area contributed by atoms with Gasteiger partial charge in [0.05, 0.1) is 0 Å². The third-order valence-corrected chi connectivity index (χ3v) is 3.45. The number of allylic oxidation sites excluding steroid dienone is 1. The Balaban J connectivity index is 2.25. The lowest BCUT2D eigenvalue weighted by molar-refractivity contribution is 0.277. The average molecular weight is 252 g/mol. The molecule has 0 aliphatic heterocycles. The van der Waals surface area contributed by atoms with E-state index in [-0.39, 0.29) is 6.61 Å². The van der Waals surface area contributed by atoms with Crippen LogP contribution in [0.1, 0.15) is 18.4 Å². The van der Waals surface area contributed by atoms with Crippen molar-refractivity contribution in [2.24, 2.45) is 5.92 Å². The number of rotatable bonds is 6. The second kappa shape index (κ2) is 6.94. The van der Waals surface area contributed by atoms with Gasteiger partial charge in [0.15, 0.2) is 0 Å². The normalized spacial score (nSPS) is 12.1. The van der Waals surface area contributed by atoms with Crippen molar-refractivity contribution < 1.29 is 5.11 Å². The lowest BCUT2D eigenvalue weighted by atomic mass is 9.92. The van der Waals surface area contributed by atoms with Crippen LogP contribution in [0, 0.1) is 5.92 Å². The van der Waals surface area contributed by atoms with Crippen molar-refractivity contribution in [3.63, 3.8) is 0 Å². The molecular formula is C18H20O. The van der Waals surface area contributed by atoms with Gasteiger partial charge in [0, 0.05) is 6.61 Å². The van der Waals surface area contributed by atoms with Crippen molar-refractivity contribution in [3.8, 4) is 0 Å². The summed E-state index contributed by atoms with van der Waals surface area (Å²) in [5.41, 5.74) is 4.24. The zero-order chi connectivity index (χ0) is 13.5. The number of fused-ring (bicyclic) bond motifs is 1. The van der Waals surface area contributed by atoms with Crippen LogP contribution in [0.2, 0.25) is 0 Å². The van der Waals surface area contributed by atoms with Gasteiger partial charge in [-0.3, -0.25) is 0 Å². The van der Waals surface area contributed by atoms with Gasteiger partial charge in [-0.25, -0.2) is 0 Å². The van der Waals surface area contributed by atoms with Crippen LogP contribution >= 0.6 is 0 Å². The molecule has 0 fully saturated rings. The third kappa shape index (κ3) is 3.57. The standard InChI is InChI=1S/C18H20O/c1-2-7-15(8-6-13-19)14-17-11-5-10-16-9-3-4-12-18(16)17/h3-5,7,9-12,15,19H,1,6,8,13-14H2. The summed E-state index contributed by atoms with van der Waals surface area (Å²) in [5, 5.41) is 11.6. The van der Waals surface area contributed by atoms with Crippen LogP contribution in [-0.2, 0) is 6.42 Å². The summed E-state index contributed by atoms with van der Waals surface area (Å²) in [5.74, 6) is 0.399. The summed E-state index contributed by atoms with van der Waals surface area (Å²) >= 11 is 0. The van der Waals surface area contributed by atoms with Crippen molar-refractivity contribution in [3.05, 3.63) is 66.4 Å². The molecule has 1 atom stereocenters. The predicted molar refractivity (Wildman–Crippen MR) is 81.2 cm³/mol. The van der Waals surface area contributed by atoms with Crippen LogP contribution in [0.25, 0.3) is 10.8 Å². The van der Waals surface area contributed by atoms with Gasteiger partial charge in [-0.15, -0.1) is 5.73 Å². The van der Waals surface area contributed by atoms with E-state index in [0.717, 1.165) is 19.3 Å². The van der Waals surface area contributed by atoms with E-state index in [9.17, 15) is 0 Å². The quantitative estimate of drug-likeness (QED) is 0.767. The van der Waals surface area contributed by atoms with E-state index < -0.39 is 0 Å². The molecule has 0 bridgehead atoms. The molecule has 0 saturated heterocycles. The van der Waals surface area contributed by atoms with Crippen LogP contribution < -0.4 is 0 Å². The fourth-order valence-electron chi connectivity index (χ4n) is 2.52. The second-order valence-electron chi connectivity index (χ2n) is 4.84. The molecule has 0 spiro atoms. The fraction of sp³-hybridized carbons (Fsp3) is 0.278. The molecule has 0 aliphatic carbocycles. The molecule has 1 unspecified atom stereocenters. The van der Waals surface area contributed by atoms with Gasteiger partial charge in [-0.1, -0.05) is 49.0 Å². The highest BCUT2D eigenvalue weighted by atomic mass is 16.2. The first kappa shape index (κ1) is 13.6. The average Bonchev–Trinajstić information content (AvgIpc) is 2.45. The van der Waals surface area contributed by atoms with Gasteiger partial charge in [-0.05, 0) is 47.6 Å². The Kier molecular flexibility index (Phi) is 4.97. The van der Waals surface area contributed by atoms with E-state index in [2.05, 4.69) is 54.8 Å². The highest BCUT2D eigenvalue weighted by molar-refractivity contribution is 5.85. The van der Waals surface area contributed by atoms with E-state index in [1.54, 1.807) is 0 Å². The maximum atomic E-state index is 8.97. The van der Waals surface area contributed by atoms with Crippen LogP contribution in [0.5, 0.6) is 0 Å². The molecule has 0 aliphatic rings. The molecular weight excluding hydrogens is 232 g/mol. The molecule has 19 heavy (non-hydrogen) atoms. The molecule has 98 valence electrons. The smallest absolute Gasteiger partial charge is 0.0431 e. The number of benzene rings is 2. The molecule has 0 saturated carbocycles. The Morgan fingerprint density at radius 1 is 1.16 bits per heavy atom. The second-order valence-corrected chi connectivity index (χ2v) is 4.84. The molecule has 1 N–H and O–H groups in total. The molecule has 1 nitrogen and oxygen atoms in total. The topological polar surface area (TPSA) is 20.2 Å². The van der Waals surface area contributed by atoms with Crippen molar-refractivity contribution >= 4 is 10.8 Å². The van der Waals surface area contributed by atoms with Crippen LogP contribution in [0.4, 0.5) is 0 Å². The third-order valence-electron chi connectivity index (χ3n) is 3.45. The van der Waals surface area contributed by atoms with E-state index in [1.807, 2.05) is 6.08 Å². The van der Waals surface area contributed by atoms with Crippen LogP contribution in [0.15, 0.2) is 60.9 Å². The summed E-state index contributed by atoms with van der Waals surface area (Å²) in [4.78, 5) is 0. The van der Waals surface area contributed by atoms with E-state index in [4.69, 9.17) is 5.11 Å². The van der Waals surface area contributed by atoms with Crippen molar-refractivity contribution in [2.45, 2.75) is 19.3 Å². The SMILES string of the molecule is C=C=CC(CCCO)Cc1cccc2ccccc12. The minimum absolute atomic E-state index is 0.247. The summed E-state index contributed by atoms with van der Waals surface area (Å²) in [7, 11) is 0. The van der Waals surface area contributed by atoms with Gasteiger partial charge in [0.1, 0.15) is 0 Å². The Hall–Kier alpha value is -1.82. The molecule has 0 aromatic heterocycles. The molecule has 2 rings (SSSR count). The zero-order valence-electron chi connectivity index (χ0n) is 11.2. The van der Waals surface area contributed by atoms with Crippen molar-refractivity contribution in [1.29, 1.82) is 0 Å². The fourth-order valence-corrected chi connectivity index (χ4v) is 2.52. The number of aliphatic hydroxyl groups is 1. The molecule has 2 aromatic carbocycles. The van der Waals surface area contributed by atoms with Gasteiger partial charge in [0.2, 0.25) is 0 Å². The first-order valence-electron chi connectivity index (χ1n) is 6.78. The Bertz CT molecular complexity index is 574. The first-order valence-corrected chi connectivity index (χ1v) is 6.78. The van der Waals surface area contributed by atoms with E-state index in [1.165, 1.54) is 16.3 Å². The van der Waals surface area contributed by atoms with Crippen LogP contribution in [-0.4, -0.2) is 11.7 Å². The minimum atomic E-state index is 0.247. The minimum Gasteiger partial charge on any atom is -0.396 e. The maximum absolute atomic E-state index is 8.97. The van der Waals surface area contributed by atoms with E-state index in [0.29, 0.717) is 5.92 Å². The monoisotopic (exact) mass is 252 g/mol. The predicted octanol–water partition coefficient (Wildman–Crippen LogP) is 4.11.